The molecule has 0 saturated carbocycles. The average Bonchev–Trinajstić information content (AvgIpc) is 3.55. The van der Waals surface area contributed by atoms with Crippen LogP contribution in [0.15, 0.2) is 71.8 Å². The van der Waals surface area contributed by atoms with Gasteiger partial charge in [0.15, 0.2) is 0 Å². The van der Waals surface area contributed by atoms with Gasteiger partial charge in [0, 0.05) is 0 Å². The molecule has 0 fully saturated rings. The summed E-state index contributed by atoms with van der Waals surface area (Å²) in [6.07, 6.45) is 9.31. The van der Waals surface area contributed by atoms with Crippen LogP contribution in [0.2, 0.25) is 0 Å². The fourth-order valence-electron chi connectivity index (χ4n) is 5.32. The van der Waals surface area contributed by atoms with Crippen molar-refractivity contribution in [2.24, 2.45) is 11.3 Å². The van der Waals surface area contributed by atoms with Crippen molar-refractivity contribution in [1.29, 1.82) is 0 Å². The first-order valence-corrected chi connectivity index (χ1v) is 17.6. The Kier molecular flexibility index (Phi) is 20.4. The number of allylic oxidation sites excluding steroid dienone is 4. The summed E-state index contributed by atoms with van der Waals surface area (Å²) < 4.78 is 3.34. The van der Waals surface area contributed by atoms with Crippen molar-refractivity contribution >= 4 is 29.0 Å². The van der Waals surface area contributed by atoms with Gasteiger partial charge in [-0.3, -0.25) is 6.08 Å². The van der Waals surface area contributed by atoms with Gasteiger partial charge in [0.2, 0.25) is 0 Å². The molecule has 0 amide bonds. The Hall–Kier alpha value is -1.53. The van der Waals surface area contributed by atoms with Gasteiger partial charge in [0.05, 0.1) is 0 Å². The first-order valence-electron chi connectivity index (χ1n) is 15.9. The van der Waals surface area contributed by atoms with Crippen LogP contribution in [0.4, 0.5) is 0 Å². The number of hydrogen-bond acceptors (Lipinski definition) is 0. The molecule has 2 aliphatic rings. The fraction of sp³-hybridized carbons (Fsp3) is 0.442. The maximum absolute atomic E-state index is 3.57. The average molecular weight is 739 g/mol. The van der Waals surface area contributed by atoms with E-state index in [2.05, 4.69) is 142 Å². The number of halogens is 2. The zero-order chi connectivity index (χ0) is 32.6. The summed E-state index contributed by atoms with van der Waals surface area (Å²) in [6, 6.07) is 25.9. The molecular weight excluding hydrogens is 679 g/mol. The van der Waals surface area contributed by atoms with Crippen molar-refractivity contribution in [1.82, 2.24) is 0 Å². The molecule has 1 atom stereocenters. The summed E-state index contributed by atoms with van der Waals surface area (Å²) in [6.45, 7) is 27.0. The van der Waals surface area contributed by atoms with Crippen LogP contribution in [-0.2, 0) is 41.5 Å². The summed E-state index contributed by atoms with van der Waals surface area (Å²) in [5.74, 6) is 0.573. The van der Waals surface area contributed by atoms with Gasteiger partial charge in [-0.1, -0.05) is 142 Å². The van der Waals surface area contributed by atoms with E-state index >= 15 is 0 Å². The largest absolute Gasteiger partial charge is 0.358 e. The van der Waals surface area contributed by atoms with E-state index in [-0.39, 0.29) is 43.1 Å². The summed E-state index contributed by atoms with van der Waals surface area (Å²) in [7, 11) is 0. The molecule has 5 rings (SSSR count). The van der Waals surface area contributed by atoms with Crippen LogP contribution >= 0.6 is 24.8 Å². The second kappa shape index (κ2) is 20.1. The minimum Gasteiger partial charge on any atom is -0.358 e. The van der Waals surface area contributed by atoms with E-state index in [1.807, 2.05) is 24.3 Å². The van der Waals surface area contributed by atoms with Crippen LogP contribution in [0.25, 0.3) is 11.1 Å². The third-order valence-corrected chi connectivity index (χ3v) is 8.07. The predicted molar refractivity (Wildman–Crippen MR) is 207 cm³/mol. The molecule has 2 aliphatic carbocycles. The third-order valence-electron chi connectivity index (χ3n) is 8.07. The maximum atomic E-state index is 3.57. The van der Waals surface area contributed by atoms with Crippen LogP contribution in [0, 0.1) is 43.9 Å². The van der Waals surface area contributed by atoms with Gasteiger partial charge in [-0.15, -0.1) is 30.4 Å². The van der Waals surface area contributed by atoms with Crippen molar-refractivity contribution in [2.45, 2.75) is 113 Å². The first-order chi connectivity index (χ1) is 20.0. The summed E-state index contributed by atoms with van der Waals surface area (Å²) in [5.41, 5.74) is 13.3. The van der Waals surface area contributed by atoms with Crippen LogP contribution < -0.4 is 0 Å². The van der Waals surface area contributed by atoms with E-state index in [9.17, 15) is 0 Å². The van der Waals surface area contributed by atoms with Crippen molar-refractivity contribution < 1.29 is 24.2 Å². The van der Waals surface area contributed by atoms with Crippen molar-refractivity contribution in [3.63, 3.8) is 0 Å². The molecule has 0 bridgehead atoms. The Morgan fingerprint density at radius 1 is 0.783 bits per heavy atom. The number of aryl methyl sites for hydroxylation is 1. The van der Waals surface area contributed by atoms with E-state index in [4.69, 9.17) is 0 Å². The Balaban J connectivity index is 0. The number of benzene rings is 3. The van der Waals surface area contributed by atoms with Crippen LogP contribution in [0.1, 0.15) is 117 Å². The standard InChI is InChI=1S/C21H25.C13H21.C7H7.CH3.CH2.2ClH.Zr/c1-20(2,3)16-9-7-14-11-15-8-10-17(21(4,5)6)13-19(15)18(14)12-16;1-6-10-8-11(7-2)12(9-10)13(3,4)5;1-7-5-3-2-4-6-7;;;;;/h7,9-10,12-13H,11H2,1-6H3;9-10H,6-7H2,1-5H3;3-6H,1H3;1H3;1H2;2*1H;/q4*-1;;;;. The number of hydrogen-bond donors (Lipinski definition) is 0. The molecule has 0 saturated heterocycles. The van der Waals surface area contributed by atoms with Crippen molar-refractivity contribution in [3.05, 3.63) is 125 Å². The smallest absolute Gasteiger partial charge is 0.358 e. The maximum Gasteiger partial charge on any atom is -0.358 e. The van der Waals surface area contributed by atoms with Crippen LogP contribution in [0.5, 0.6) is 0 Å². The summed E-state index contributed by atoms with van der Waals surface area (Å²) in [5, 5.41) is 0. The van der Waals surface area contributed by atoms with Gasteiger partial charge >= 0.3 is 28.4 Å². The minimum absolute atomic E-state index is 0. The van der Waals surface area contributed by atoms with Gasteiger partial charge in [0.1, 0.15) is 0 Å². The molecule has 1 unspecified atom stereocenters. The second-order valence-electron chi connectivity index (χ2n) is 14.7. The first kappa shape index (κ1) is 46.6. The van der Waals surface area contributed by atoms with Crippen LogP contribution in [0.3, 0.4) is 0 Å². The third kappa shape index (κ3) is 13.2. The topological polar surface area (TPSA) is 0 Å². The number of rotatable bonds is 2. The Bertz CT molecular complexity index is 1330. The molecule has 3 heteroatoms. The summed E-state index contributed by atoms with van der Waals surface area (Å²) in [4.78, 5) is 0. The quantitative estimate of drug-likeness (QED) is 0.180. The Morgan fingerprint density at radius 3 is 1.74 bits per heavy atom. The van der Waals surface area contributed by atoms with Gasteiger partial charge in [-0.2, -0.15) is 76.9 Å². The van der Waals surface area contributed by atoms with Gasteiger partial charge in [-0.25, -0.2) is 5.57 Å². The van der Waals surface area contributed by atoms with Crippen LogP contribution in [-0.4, -0.2) is 4.21 Å². The van der Waals surface area contributed by atoms with E-state index in [1.54, 1.807) is 0 Å². The Morgan fingerprint density at radius 2 is 1.33 bits per heavy atom. The molecule has 0 N–H and O–H groups in total. The molecule has 3 aromatic rings. The second-order valence-corrected chi connectivity index (χ2v) is 14.7. The predicted octanol–water partition coefficient (Wildman–Crippen LogP) is 12.8. The SMILES string of the molecule is CC(C)(C)c1c[c-]c2c(c1)-c1cc(C(C)(C)C)ccc1C2.CCC1=[C-]C(CC)C=C1C(C)(C)C.Cc1cc[c-]cc1.Cl.Cl.[CH2]=[Zr].[CH3-]. The normalized spacial score (nSPS) is 14.3. The van der Waals surface area contributed by atoms with Crippen molar-refractivity contribution in [3.8, 4) is 11.1 Å². The molecular formula is C43H60Cl2Zr-4. The zero-order valence-corrected chi connectivity index (χ0v) is 35.1. The monoisotopic (exact) mass is 736 g/mol. The molecule has 254 valence electrons. The molecule has 0 radical (unpaired) electrons. The van der Waals surface area contributed by atoms with E-state index in [0.717, 1.165) is 12.8 Å². The van der Waals surface area contributed by atoms with Gasteiger partial charge in [0.25, 0.3) is 0 Å². The molecule has 46 heavy (non-hydrogen) atoms. The molecule has 0 nitrogen and oxygen atoms in total. The molecule has 3 aromatic carbocycles. The fourth-order valence-corrected chi connectivity index (χ4v) is 5.32. The molecule has 0 aliphatic heterocycles. The van der Waals surface area contributed by atoms with Gasteiger partial charge in [-0.05, 0) is 17.4 Å². The zero-order valence-electron chi connectivity index (χ0n) is 31.0. The van der Waals surface area contributed by atoms with Crippen molar-refractivity contribution in [2.75, 3.05) is 0 Å². The van der Waals surface area contributed by atoms with E-state index in [0.29, 0.717) is 11.3 Å². The molecule has 0 spiro atoms. The Labute approximate surface area is 312 Å². The minimum atomic E-state index is 0. The van der Waals surface area contributed by atoms with Gasteiger partial charge < -0.3 is 7.43 Å². The van der Waals surface area contributed by atoms with E-state index < -0.39 is 0 Å². The number of fused-ring (bicyclic) bond motifs is 3. The summed E-state index contributed by atoms with van der Waals surface area (Å²) >= 11 is 1.30. The van der Waals surface area contributed by atoms with E-state index in [1.165, 1.54) is 80.7 Å². The molecule has 0 heterocycles. The molecule has 0 aromatic heterocycles.